The van der Waals surface area contributed by atoms with Crippen molar-refractivity contribution in [1.29, 1.82) is 0 Å². The molecule has 0 spiro atoms. The van der Waals surface area contributed by atoms with E-state index in [9.17, 15) is 15.0 Å². The largest absolute Gasteiger partial charge is 0.504 e. The first-order valence-corrected chi connectivity index (χ1v) is 7.78. The number of halogens is 1. The van der Waals surface area contributed by atoms with Crippen molar-refractivity contribution in [3.8, 4) is 11.5 Å². The van der Waals surface area contributed by atoms with Crippen molar-refractivity contribution in [2.75, 3.05) is 0 Å². The maximum Gasteiger partial charge on any atom is 0.283 e. The predicted octanol–water partition coefficient (Wildman–Crippen LogP) is 3.73. The first kappa shape index (κ1) is 15.3. The molecule has 0 atom stereocenters. The fourth-order valence-corrected chi connectivity index (χ4v) is 3.40. The van der Waals surface area contributed by atoms with E-state index in [1.54, 1.807) is 6.07 Å². The van der Waals surface area contributed by atoms with Gasteiger partial charge in [-0.25, -0.2) is 5.43 Å². The zero-order valence-corrected chi connectivity index (χ0v) is 13.2. The van der Waals surface area contributed by atoms with Crippen LogP contribution in [0.1, 0.15) is 15.2 Å². The van der Waals surface area contributed by atoms with Crippen LogP contribution in [0.15, 0.2) is 47.6 Å². The van der Waals surface area contributed by atoms with Gasteiger partial charge in [-0.2, -0.15) is 5.10 Å². The summed E-state index contributed by atoms with van der Waals surface area (Å²) < 4.78 is 0.926. The molecule has 0 radical (unpaired) electrons. The molecule has 3 rings (SSSR count). The molecule has 3 N–H and O–H groups in total. The van der Waals surface area contributed by atoms with Gasteiger partial charge in [0.05, 0.1) is 11.2 Å². The smallest absolute Gasteiger partial charge is 0.283 e. The van der Waals surface area contributed by atoms with Crippen LogP contribution in [-0.2, 0) is 0 Å². The Morgan fingerprint density at radius 2 is 1.96 bits per heavy atom. The molecule has 0 bridgehead atoms. The lowest BCUT2D eigenvalue weighted by molar-refractivity contribution is 0.0959. The van der Waals surface area contributed by atoms with Crippen LogP contribution in [0.3, 0.4) is 0 Å². The van der Waals surface area contributed by atoms with Crippen molar-refractivity contribution in [3.63, 3.8) is 0 Å². The molecule has 2 aromatic carbocycles. The monoisotopic (exact) mass is 346 g/mol. The molecular formula is C16H11ClN2O3S. The number of benzene rings is 2. The maximum absolute atomic E-state index is 12.2. The van der Waals surface area contributed by atoms with Crippen molar-refractivity contribution in [2.24, 2.45) is 5.10 Å². The van der Waals surface area contributed by atoms with Crippen LogP contribution in [0, 0.1) is 0 Å². The van der Waals surface area contributed by atoms with Gasteiger partial charge in [0.15, 0.2) is 11.5 Å². The van der Waals surface area contributed by atoms with Crippen molar-refractivity contribution in [3.05, 3.63) is 57.9 Å². The van der Waals surface area contributed by atoms with Gasteiger partial charge < -0.3 is 10.2 Å². The first-order chi connectivity index (χ1) is 11.1. The number of phenols is 2. The second-order valence-corrected chi connectivity index (χ2v) is 6.12. The Morgan fingerprint density at radius 1 is 1.17 bits per heavy atom. The van der Waals surface area contributed by atoms with Crippen molar-refractivity contribution >= 4 is 45.1 Å². The Kier molecular flexibility index (Phi) is 4.18. The summed E-state index contributed by atoms with van der Waals surface area (Å²) in [5, 5.41) is 23.7. The van der Waals surface area contributed by atoms with E-state index in [2.05, 4.69) is 10.5 Å². The number of hydrazone groups is 1. The van der Waals surface area contributed by atoms with Gasteiger partial charge in [-0.1, -0.05) is 29.8 Å². The minimum atomic E-state index is -0.407. The third kappa shape index (κ3) is 3.13. The lowest BCUT2D eigenvalue weighted by Crippen LogP contribution is -2.16. The molecular weight excluding hydrogens is 336 g/mol. The van der Waals surface area contributed by atoms with Gasteiger partial charge in [-0.05, 0) is 29.8 Å². The lowest BCUT2D eigenvalue weighted by Gasteiger charge is -1.99. The minimum Gasteiger partial charge on any atom is -0.504 e. The van der Waals surface area contributed by atoms with Gasteiger partial charge in [0.25, 0.3) is 5.91 Å². The van der Waals surface area contributed by atoms with Crippen LogP contribution >= 0.6 is 22.9 Å². The molecule has 5 nitrogen and oxygen atoms in total. The number of rotatable bonds is 3. The number of hydrogen-bond donors (Lipinski definition) is 3. The third-order valence-corrected chi connectivity index (χ3v) is 4.79. The van der Waals surface area contributed by atoms with Gasteiger partial charge in [0.2, 0.25) is 0 Å². The molecule has 7 heteroatoms. The summed E-state index contributed by atoms with van der Waals surface area (Å²) in [6.45, 7) is 0. The molecule has 116 valence electrons. The highest BCUT2D eigenvalue weighted by molar-refractivity contribution is 7.21. The number of phenolic OH excluding ortho intramolecular Hbond substituents is 2. The number of hydrogen-bond acceptors (Lipinski definition) is 5. The van der Waals surface area contributed by atoms with Crippen molar-refractivity contribution in [1.82, 2.24) is 5.43 Å². The Hall–Kier alpha value is -2.57. The molecule has 1 aromatic heterocycles. The Bertz CT molecular complexity index is 921. The van der Waals surface area contributed by atoms with Crippen LogP contribution < -0.4 is 5.43 Å². The Balaban J connectivity index is 1.77. The number of nitrogens with zero attached hydrogens (tertiary/aromatic N) is 1. The summed E-state index contributed by atoms with van der Waals surface area (Å²) in [6, 6.07) is 11.7. The quantitative estimate of drug-likeness (QED) is 0.384. The van der Waals surface area contributed by atoms with E-state index in [1.165, 1.54) is 29.7 Å². The van der Waals surface area contributed by atoms with Gasteiger partial charge in [0.1, 0.15) is 4.88 Å². The molecule has 1 amide bonds. The Morgan fingerprint density at radius 3 is 2.70 bits per heavy atom. The lowest BCUT2D eigenvalue weighted by atomic mass is 10.2. The van der Waals surface area contributed by atoms with Gasteiger partial charge >= 0.3 is 0 Å². The number of amides is 1. The van der Waals surface area contributed by atoms with E-state index in [-0.39, 0.29) is 11.5 Å². The molecule has 0 saturated carbocycles. The maximum atomic E-state index is 12.2. The van der Waals surface area contributed by atoms with Gasteiger partial charge in [-0.3, -0.25) is 4.79 Å². The molecule has 3 aromatic rings. The summed E-state index contributed by atoms with van der Waals surface area (Å²) in [4.78, 5) is 12.5. The normalized spacial score (nSPS) is 11.2. The Labute approximate surface area is 140 Å². The third-order valence-electron chi connectivity index (χ3n) is 3.12. The van der Waals surface area contributed by atoms with Gasteiger partial charge in [0, 0.05) is 10.1 Å². The van der Waals surface area contributed by atoms with Crippen LogP contribution in [0.2, 0.25) is 5.02 Å². The van der Waals surface area contributed by atoms with E-state index >= 15 is 0 Å². The highest BCUT2D eigenvalue weighted by atomic mass is 35.5. The van der Waals surface area contributed by atoms with E-state index in [4.69, 9.17) is 11.6 Å². The topological polar surface area (TPSA) is 81.9 Å². The van der Waals surface area contributed by atoms with Gasteiger partial charge in [-0.15, -0.1) is 11.3 Å². The highest BCUT2D eigenvalue weighted by Gasteiger charge is 2.16. The molecule has 0 aliphatic heterocycles. The van der Waals surface area contributed by atoms with E-state index in [1.807, 2.05) is 24.3 Å². The first-order valence-electron chi connectivity index (χ1n) is 6.58. The summed E-state index contributed by atoms with van der Waals surface area (Å²) >= 11 is 7.51. The summed E-state index contributed by atoms with van der Waals surface area (Å²) in [7, 11) is 0. The number of nitrogens with one attached hydrogen (secondary N) is 1. The van der Waals surface area contributed by atoms with Crippen LogP contribution in [0.5, 0.6) is 11.5 Å². The van der Waals surface area contributed by atoms with Crippen LogP contribution in [-0.4, -0.2) is 22.3 Å². The zero-order chi connectivity index (χ0) is 16.4. The number of carbonyl (C=O) groups excluding carboxylic acids is 1. The predicted molar refractivity (Wildman–Crippen MR) is 91.7 cm³/mol. The summed E-state index contributed by atoms with van der Waals surface area (Å²) in [6.07, 6.45) is 1.36. The number of carbonyl (C=O) groups is 1. The number of thiophene rings is 1. The summed E-state index contributed by atoms with van der Waals surface area (Å²) in [5.74, 6) is -0.883. The second kappa shape index (κ2) is 6.28. The molecule has 0 unspecified atom stereocenters. The second-order valence-electron chi connectivity index (χ2n) is 4.69. The molecule has 0 fully saturated rings. The molecule has 0 saturated heterocycles. The standard InChI is InChI=1S/C16H11ClN2O3S/c17-14-10-3-1-2-4-13(10)23-15(14)16(22)19-18-8-9-5-6-11(20)12(21)7-9/h1-8,20-21H,(H,19,22)/b18-8+. The number of aromatic hydroxyl groups is 2. The molecule has 1 heterocycles. The van der Waals surface area contributed by atoms with E-state index in [0.717, 1.165) is 10.1 Å². The van der Waals surface area contributed by atoms with E-state index < -0.39 is 5.91 Å². The van der Waals surface area contributed by atoms with Crippen molar-refractivity contribution < 1.29 is 15.0 Å². The number of fused-ring (bicyclic) bond motifs is 1. The molecule has 23 heavy (non-hydrogen) atoms. The summed E-state index contributed by atoms with van der Waals surface area (Å²) in [5.41, 5.74) is 2.93. The van der Waals surface area contributed by atoms with Crippen molar-refractivity contribution in [2.45, 2.75) is 0 Å². The van der Waals surface area contributed by atoms with E-state index in [0.29, 0.717) is 15.5 Å². The minimum absolute atomic E-state index is 0.219. The molecule has 0 aliphatic rings. The highest BCUT2D eigenvalue weighted by Crippen LogP contribution is 2.34. The van der Waals surface area contributed by atoms with Crippen LogP contribution in [0.25, 0.3) is 10.1 Å². The SMILES string of the molecule is O=C(N/N=C/c1ccc(O)c(O)c1)c1sc2ccccc2c1Cl. The average molecular weight is 347 g/mol. The average Bonchev–Trinajstić information content (AvgIpc) is 2.88. The fraction of sp³-hybridized carbons (Fsp3) is 0. The zero-order valence-electron chi connectivity index (χ0n) is 11.7. The van der Waals surface area contributed by atoms with Crippen LogP contribution in [0.4, 0.5) is 0 Å². The molecule has 0 aliphatic carbocycles. The fourth-order valence-electron chi connectivity index (χ4n) is 2.00.